The van der Waals surface area contributed by atoms with Crippen LogP contribution < -0.4 is 0 Å². The summed E-state index contributed by atoms with van der Waals surface area (Å²) in [6.45, 7) is 8.38. The standard InChI is InChI=1S/C17H22N2O2/c1-5-16(20)21-11-19-10-9-18-17(19)14(4)15-8-6-7-12(2)13(15)3/h6-10,14H,5,11H2,1-4H3. The van der Waals surface area contributed by atoms with Crippen molar-refractivity contribution in [2.75, 3.05) is 0 Å². The number of imidazole rings is 1. The second-order valence-corrected chi connectivity index (χ2v) is 5.27. The van der Waals surface area contributed by atoms with Crippen molar-refractivity contribution in [2.45, 2.75) is 46.8 Å². The lowest BCUT2D eigenvalue weighted by Crippen LogP contribution is -2.13. The number of nitrogens with zero attached hydrogens (tertiary/aromatic N) is 2. The number of esters is 1. The zero-order valence-corrected chi connectivity index (χ0v) is 13.1. The van der Waals surface area contributed by atoms with E-state index >= 15 is 0 Å². The molecule has 112 valence electrons. The molecule has 1 atom stereocenters. The third-order valence-corrected chi connectivity index (χ3v) is 3.90. The highest BCUT2D eigenvalue weighted by Crippen LogP contribution is 2.27. The van der Waals surface area contributed by atoms with Crippen LogP contribution in [0, 0.1) is 13.8 Å². The minimum Gasteiger partial charge on any atom is -0.444 e. The van der Waals surface area contributed by atoms with Crippen LogP contribution >= 0.6 is 0 Å². The number of ether oxygens (including phenoxy) is 1. The van der Waals surface area contributed by atoms with Gasteiger partial charge in [0.1, 0.15) is 5.82 Å². The molecule has 1 unspecified atom stereocenters. The molecule has 0 aliphatic rings. The third-order valence-electron chi connectivity index (χ3n) is 3.90. The van der Waals surface area contributed by atoms with E-state index in [1.165, 1.54) is 16.7 Å². The lowest BCUT2D eigenvalue weighted by atomic mass is 9.93. The molecule has 1 aromatic carbocycles. The molecule has 4 heteroatoms. The topological polar surface area (TPSA) is 44.1 Å². The number of carbonyl (C=O) groups is 1. The second kappa shape index (κ2) is 6.57. The van der Waals surface area contributed by atoms with Crippen molar-refractivity contribution in [3.05, 3.63) is 53.1 Å². The first-order valence-corrected chi connectivity index (χ1v) is 7.27. The van der Waals surface area contributed by atoms with Crippen LogP contribution in [0.4, 0.5) is 0 Å². The van der Waals surface area contributed by atoms with Gasteiger partial charge < -0.3 is 9.30 Å². The molecule has 0 radical (unpaired) electrons. The zero-order valence-electron chi connectivity index (χ0n) is 13.1. The number of aryl methyl sites for hydroxylation is 1. The minimum absolute atomic E-state index is 0.153. The molecule has 21 heavy (non-hydrogen) atoms. The lowest BCUT2D eigenvalue weighted by Gasteiger charge is -2.17. The highest BCUT2D eigenvalue weighted by molar-refractivity contribution is 5.68. The average Bonchev–Trinajstić information content (AvgIpc) is 2.95. The molecule has 0 fully saturated rings. The van der Waals surface area contributed by atoms with E-state index in [0.717, 1.165) is 5.82 Å². The van der Waals surface area contributed by atoms with Crippen LogP contribution in [0.3, 0.4) is 0 Å². The van der Waals surface area contributed by atoms with Crippen LogP contribution in [0.25, 0.3) is 0 Å². The maximum absolute atomic E-state index is 11.3. The minimum atomic E-state index is -0.200. The molecule has 0 N–H and O–H groups in total. The fourth-order valence-corrected chi connectivity index (χ4v) is 2.44. The lowest BCUT2D eigenvalue weighted by molar-refractivity contribution is -0.147. The van der Waals surface area contributed by atoms with Gasteiger partial charge in [0.2, 0.25) is 0 Å². The van der Waals surface area contributed by atoms with E-state index < -0.39 is 0 Å². The summed E-state index contributed by atoms with van der Waals surface area (Å²) in [5.74, 6) is 0.863. The molecule has 0 aliphatic heterocycles. The molecule has 1 aromatic heterocycles. The van der Waals surface area contributed by atoms with Gasteiger partial charge in [0.15, 0.2) is 6.73 Å². The van der Waals surface area contributed by atoms with Gasteiger partial charge in [-0.3, -0.25) is 4.79 Å². The first kappa shape index (κ1) is 15.3. The summed E-state index contributed by atoms with van der Waals surface area (Å²) < 4.78 is 7.09. The van der Waals surface area contributed by atoms with E-state index in [0.29, 0.717) is 6.42 Å². The van der Waals surface area contributed by atoms with Gasteiger partial charge in [-0.15, -0.1) is 0 Å². The zero-order chi connectivity index (χ0) is 15.4. The number of rotatable bonds is 5. The van der Waals surface area contributed by atoms with Gasteiger partial charge in [-0.25, -0.2) is 4.98 Å². The van der Waals surface area contributed by atoms with Crippen LogP contribution in [0.2, 0.25) is 0 Å². The molecule has 0 saturated heterocycles. The first-order valence-electron chi connectivity index (χ1n) is 7.27. The fourth-order valence-electron chi connectivity index (χ4n) is 2.44. The van der Waals surface area contributed by atoms with E-state index in [1.54, 1.807) is 13.1 Å². The molecule has 2 aromatic rings. The smallest absolute Gasteiger partial charge is 0.307 e. The Labute approximate surface area is 125 Å². The van der Waals surface area contributed by atoms with E-state index in [1.807, 2.05) is 10.8 Å². The Morgan fingerprint density at radius 1 is 1.38 bits per heavy atom. The van der Waals surface area contributed by atoms with Gasteiger partial charge in [-0.2, -0.15) is 0 Å². The Morgan fingerprint density at radius 2 is 2.14 bits per heavy atom. The van der Waals surface area contributed by atoms with Crippen LogP contribution in [-0.4, -0.2) is 15.5 Å². The summed E-state index contributed by atoms with van der Waals surface area (Å²) in [5.41, 5.74) is 3.81. The molecule has 0 saturated carbocycles. The number of benzene rings is 1. The van der Waals surface area contributed by atoms with Crippen molar-refractivity contribution in [3.8, 4) is 0 Å². The summed E-state index contributed by atoms with van der Waals surface area (Å²) in [7, 11) is 0. The van der Waals surface area contributed by atoms with E-state index in [2.05, 4.69) is 44.0 Å². The van der Waals surface area contributed by atoms with Crippen molar-refractivity contribution in [3.63, 3.8) is 0 Å². The highest BCUT2D eigenvalue weighted by atomic mass is 16.5. The Hall–Kier alpha value is -2.10. The van der Waals surface area contributed by atoms with Gasteiger partial charge in [0, 0.05) is 24.7 Å². The van der Waals surface area contributed by atoms with E-state index in [-0.39, 0.29) is 18.6 Å². The van der Waals surface area contributed by atoms with E-state index in [4.69, 9.17) is 4.74 Å². The first-order chi connectivity index (χ1) is 10.0. The predicted octanol–water partition coefficient (Wildman–Crippen LogP) is 3.56. The van der Waals surface area contributed by atoms with Gasteiger partial charge in [-0.05, 0) is 30.5 Å². The average molecular weight is 286 g/mol. The largest absolute Gasteiger partial charge is 0.444 e. The highest BCUT2D eigenvalue weighted by Gasteiger charge is 2.17. The molecule has 1 heterocycles. The Kier molecular flexibility index (Phi) is 4.78. The summed E-state index contributed by atoms with van der Waals surface area (Å²) in [6, 6.07) is 6.31. The number of aromatic nitrogens is 2. The van der Waals surface area contributed by atoms with Crippen molar-refractivity contribution in [2.24, 2.45) is 0 Å². The summed E-state index contributed by atoms with van der Waals surface area (Å²) in [5, 5.41) is 0. The number of hydrogen-bond donors (Lipinski definition) is 0. The molecule has 0 spiro atoms. The maximum atomic E-state index is 11.3. The summed E-state index contributed by atoms with van der Waals surface area (Å²) >= 11 is 0. The van der Waals surface area contributed by atoms with Crippen molar-refractivity contribution in [1.29, 1.82) is 0 Å². The Morgan fingerprint density at radius 3 is 2.86 bits per heavy atom. The molecule has 4 nitrogen and oxygen atoms in total. The molecule has 0 amide bonds. The molecular formula is C17H22N2O2. The van der Waals surface area contributed by atoms with Crippen molar-refractivity contribution >= 4 is 5.97 Å². The quantitative estimate of drug-likeness (QED) is 0.789. The normalized spacial score (nSPS) is 12.2. The van der Waals surface area contributed by atoms with Crippen LogP contribution in [0.1, 0.15) is 48.7 Å². The van der Waals surface area contributed by atoms with Crippen LogP contribution in [0.5, 0.6) is 0 Å². The molecule has 0 aliphatic carbocycles. The monoisotopic (exact) mass is 286 g/mol. The van der Waals surface area contributed by atoms with Gasteiger partial charge >= 0.3 is 5.97 Å². The van der Waals surface area contributed by atoms with Gasteiger partial charge in [-0.1, -0.05) is 32.0 Å². The fraction of sp³-hybridized carbons (Fsp3) is 0.412. The number of carbonyl (C=O) groups excluding carboxylic acids is 1. The molecular weight excluding hydrogens is 264 g/mol. The third kappa shape index (κ3) is 3.32. The van der Waals surface area contributed by atoms with Gasteiger partial charge in [0.25, 0.3) is 0 Å². The Balaban J connectivity index is 2.24. The van der Waals surface area contributed by atoms with Crippen LogP contribution in [0.15, 0.2) is 30.6 Å². The number of hydrogen-bond acceptors (Lipinski definition) is 3. The predicted molar refractivity (Wildman–Crippen MR) is 82.0 cm³/mol. The van der Waals surface area contributed by atoms with Crippen LogP contribution in [-0.2, 0) is 16.3 Å². The summed E-state index contributed by atoms with van der Waals surface area (Å²) in [4.78, 5) is 15.7. The molecule has 0 bridgehead atoms. The van der Waals surface area contributed by atoms with Crippen molar-refractivity contribution in [1.82, 2.24) is 9.55 Å². The summed E-state index contributed by atoms with van der Waals surface area (Å²) in [6.07, 6.45) is 3.98. The SMILES string of the molecule is CCC(=O)OCn1ccnc1C(C)c1cccc(C)c1C. The second-order valence-electron chi connectivity index (χ2n) is 5.27. The maximum Gasteiger partial charge on any atom is 0.307 e. The molecule has 2 rings (SSSR count). The van der Waals surface area contributed by atoms with Gasteiger partial charge in [0.05, 0.1) is 0 Å². The van der Waals surface area contributed by atoms with Crippen molar-refractivity contribution < 1.29 is 9.53 Å². The Bertz CT molecular complexity index is 631. The van der Waals surface area contributed by atoms with E-state index in [9.17, 15) is 4.79 Å².